The highest BCUT2D eigenvalue weighted by molar-refractivity contribution is 5.67. The molecule has 0 aromatic heterocycles. The quantitative estimate of drug-likeness (QED) is 0.855. The van der Waals surface area contributed by atoms with Gasteiger partial charge in [-0.25, -0.2) is 0 Å². The Kier molecular flexibility index (Phi) is 4.31. The lowest BCUT2D eigenvalue weighted by atomic mass is 10.0. The number of ether oxygens (including phenoxy) is 1. The number of carbonyl (C=O) groups is 1. The van der Waals surface area contributed by atoms with Crippen LogP contribution in [0.3, 0.4) is 0 Å². The van der Waals surface area contributed by atoms with Gasteiger partial charge in [0.25, 0.3) is 0 Å². The van der Waals surface area contributed by atoms with Crippen molar-refractivity contribution in [2.45, 2.75) is 13.0 Å². The van der Waals surface area contributed by atoms with Gasteiger partial charge in [-0.15, -0.1) is 0 Å². The number of aliphatic hydroxyl groups excluding tert-OH is 1. The Bertz CT molecular complexity index is 532. The minimum absolute atomic E-state index is 0.218. The number of aliphatic hydroxyl groups is 1. The summed E-state index contributed by atoms with van der Waals surface area (Å²) in [5.74, 6) is -0.397. The number of benzene rings is 2. The van der Waals surface area contributed by atoms with Crippen molar-refractivity contribution in [2.75, 3.05) is 6.61 Å². The minimum atomic E-state index is -0.595. The maximum absolute atomic E-state index is 10.9. The molecule has 19 heavy (non-hydrogen) atoms. The predicted octanol–water partition coefficient (Wildman–Crippen LogP) is 2.95. The molecule has 0 saturated heterocycles. The monoisotopic (exact) mass is 256 g/mol. The summed E-state index contributed by atoms with van der Waals surface area (Å²) in [4.78, 5) is 10.9. The van der Waals surface area contributed by atoms with E-state index in [2.05, 4.69) is 0 Å². The second-order valence-electron chi connectivity index (χ2n) is 4.27. The van der Waals surface area contributed by atoms with E-state index in [1.165, 1.54) is 6.92 Å². The van der Waals surface area contributed by atoms with Crippen LogP contribution in [0.4, 0.5) is 0 Å². The molecular weight excluding hydrogens is 240 g/mol. The summed E-state index contributed by atoms with van der Waals surface area (Å²) >= 11 is 0. The Balaban J connectivity index is 2.20. The molecule has 0 fully saturated rings. The topological polar surface area (TPSA) is 46.5 Å². The molecule has 3 nitrogen and oxygen atoms in total. The smallest absolute Gasteiger partial charge is 0.303 e. The molecule has 2 aromatic carbocycles. The normalized spacial score (nSPS) is 11.9. The van der Waals surface area contributed by atoms with Crippen LogP contribution in [0, 0.1) is 0 Å². The Morgan fingerprint density at radius 1 is 1.05 bits per heavy atom. The van der Waals surface area contributed by atoms with Gasteiger partial charge < -0.3 is 9.84 Å². The Hall–Kier alpha value is -2.13. The summed E-state index contributed by atoms with van der Waals surface area (Å²) in [6, 6.07) is 17.7. The van der Waals surface area contributed by atoms with Crippen molar-refractivity contribution in [2.24, 2.45) is 0 Å². The summed E-state index contributed by atoms with van der Waals surface area (Å²) in [6.07, 6.45) is -0.595. The molecule has 2 aromatic rings. The van der Waals surface area contributed by atoms with E-state index in [-0.39, 0.29) is 6.61 Å². The second-order valence-corrected chi connectivity index (χ2v) is 4.27. The van der Waals surface area contributed by atoms with Crippen LogP contribution in [0.15, 0.2) is 54.6 Å². The first-order valence-corrected chi connectivity index (χ1v) is 6.14. The fourth-order valence-electron chi connectivity index (χ4n) is 1.93. The van der Waals surface area contributed by atoms with E-state index in [1.807, 2.05) is 54.6 Å². The van der Waals surface area contributed by atoms with Gasteiger partial charge in [0.15, 0.2) is 0 Å². The van der Waals surface area contributed by atoms with E-state index in [1.54, 1.807) is 0 Å². The van der Waals surface area contributed by atoms with Crippen molar-refractivity contribution in [3.8, 4) is 11.1 Å². The van der Waals surface area contributed by atoms with Crippen molar-refractivity contribution in [1.29, 1.82) is 0 Å². The number of carbonyl (C=O) groups excluding carboxylic acids is 1. The van der Waals surface area contributed by atoms with Crippen LogP contribution in [0.2, 0.25) is 0 Å². The van der Waals surface area contributed by atoms with Gasteiger partial charge in [-0.3, -0.25) is 4.79 Å². The number of hydrogen-bond donors (Lipinski definition) is 1. The number of hydrogen-bond acceptors (Lipinski definition) is 3. The zero-order valence-electron chi connectivity index (χ0n) is 10.7. The lowest BCUT2D eigenvalue weighted by Crippen LogP contribution is -2.12. The lowest BCUT2D eigenvalue weighted by Gasteiger charge is -2.15. The van der Waals surface area contributed by atoms with Crippen molar-refractivity contribution >= 4 is 5.97 Å². The molecular formula is C16H16O3. The van der Waals surface area contributed by atoms with Crippen LogP contribution in [0.25, 0.3) is 11.1 Å². The van der Waals surface area contributed by atoms with E-state index in [0.717, 1.165) is 16.7 Å². The third-order valence-corrected chi connectivity index (χ3v) is 2.86. The molecule has 0 heterocycles. The highest BCUT2D eigenvalue weighted by atomic mass is 16.5. The van der Waals surface area contributed by atoms with Crippen LogP contribution < -0.4 is 0 Å². The second kappa shape index (κ2) is 6.16. The van der Waals surface area contributed by atoms with Crippen molar-refractivity contribution in [1.82, 2.24) is 0 Å². The molecule has 0 bridgehead atoms. The molecule has 0 aliphatic carbocycles. The fourth-order valence-corrected chi connectivity index (χ4v) is 1.93. The van der Waals surface area contributed by atoms with Crippen LogP contribution in [-0.2, 0) is 9.53 Å². The van der Waals surface area contributed by atoms with Gasteiger partial charge in [0.2, 0.25) is 0 Å². The Labute approximate surface area is 112 Å². The van der Waals surface area contributed by atoms with E-state index < -0.39 is 12.1 Å². The molecule has 1 unspecified atom stereocenters. The standard InChI is InChI=1S/C16H16O3/c1-12(18)19-16(11-17)15-9-7-14(8-10-15)13-5-3-2-4-6-13/h2-10,16-17H,11H2,1H3. The van der Waals surface area contributed by atoms with Gasteiger partial charge in [-0.05, 0) is 16.7 Å². The summed E-state index contributed by atoms with van der Waals surface area (Å²) in [7, 11) is 0. The van der Waals surface area contributed by atoms with Crippen molar-refractivity contribution < 1.29 is 14.6 Å². The van der Waals surface area contributed by atoms with Gasteiger partial charge in [-0.2, -0.15) is 0 Å². The van der Waals surface area contributed by atoms with Gasteiger partial charge in [-0.1, -0.05) is 54.6 Å². The summed E-state index contributed by atoms with van der Waals surface area (Å²) in [6.45, 7) is 1.12. The van der Waals surface area contributed by atoms with Gasteiger partial charge >= 0.3 is 5.97 Å². The molecule has 0 spiro atoms. The van der Waals surface area contributed by atoms with Crippen LogP contribution in [0.1, 0.15) is 18.6 Å². The summed E-state index contributed by atoms with van der Waals surface area (Å²) < 4.78 is 5.04. The summed E-state index contributed by atoms with van der Waals surface area (Å²) in [5, 5.41) is 9.24. The van der Waals surface area contributed by atoms with E-state index >= 15 is 0 Å². The summed E-state index contributed by atoms with van der Waals surface area (Å²) in [5.41, 5.74) is 3.00. The van der Waals surface area contributed by atoms with Crippen LogP contribution in [0.5, 0.6) is 0 Å². The van der Waals surface area contributed by atoms with Gasteiger partial charge in [0, 0.05) is 6.92 Å². The van der Waals surface area contributed by atoms with Crippen molar-refractivity contribution in [3.05, 3.63) is 60.2 Å². The SMILES string of the molecule is CC(=O)OC(CO)c1ccc(-c2ccccc2)cc1. The highest BCUT2D eigenvalue weighted by Crippen LogP contribution is 2.23. The first-order chi connectivity index (χ1) is 9.20. The number of rotatable bonds is 4. The Morgan fingerprint density at radius 2 is 1.63 bits per heavy atom. The van der Waals surface area contributed by atoms with E-state index in [4.69, 9.17) is 4.74 Å². The third kappa shape index (κ3) is 3.42. The maximum Gasteiger partial charge on any atom is 0.303 e. The van der Waals surface area contributed by atoms with Crippen LogP contribution in [-0.4, -0.2) is 17.7 Å². The maximum atomic E-state index is 10.9. The first-order valence-electron chi connectivity index (χ1n) is 6.14. The minimum Gasteiger partial charge on any atom is -0.455 e. The van der Waals surface area contributed by atoms with E-state index in [9.17, 15) is 9.90 Å². The lowest BCUT2D eigenvalue weighted by molar-refractivity contribution is -0.148. The average Bonchev–Trinajstić information content (AvgIpc) is 2.46. The molecule has 0 saturated carbocycles. The van der Waals surface area contributed by atoms with Crippen molar-refractivity contribution in [3.63, 3.8) is 0 Å². The molecule has 3 heteroatoms. The molecule has 2 rings (SSSR count). The molecule has 98 valence electrons. The molecule has 1 N–H and O–H groups in total. The zero-order chi connectivity index (χ0) is 13.7. The average molecular weight is 256 g/mol. The zero-order valence-corrected chi connectivity index (χ0v) is 10.7. The molecule has 0 aliphatic rings. The first kappa shape index (κ1) is 13.3. The molecule has 0 radical (unpaired) electrons. The van der Waals surface area contributed by atoms with Gasteiger partial charge in [0.05, 0.1) is 6.61 Å². The highest BCUT2D eigenvalue weighted by Gasteiger charge is 2.13. The van der Waals surface area contributed by atoms with Crippen LogP contribution >= 0.6 is 0 Å². The fraction of sp³-hybridized carbons (Fsp3) is 0.188. The molecule has 1 atom stereocenters. The molecule has 0 amide bonds. The number of esters is 1. The Morgan fingerprint density at radius 3 is 2.16 bits per heavy atom. The predicted molar refractivity (Wildman–Crippen MR) is 73.5 cm³/mol. The third-order valence-electron chi connectivity index (χ3n) is 2.86. The molecule has 0 aliphatic heterocycles. The largest absolute Gasteiger partial charge is 0.455 e. The van der Waals surface area contributed by atoms with E-state index in [0.29, 0.717) is 0 Å². The van der Waals surface area contributed by atoms with Gasteiger partial charge in [0.1, 0.15) is 6.10 Å².